The Labute approximate surface area is 126 Å². The maximum absolute atomic E-state index is 11.8. The molecule has 1 aliphatic heterocycles. The van der Waals surface area contributed by atoms with Crippen LogP contribution in [0, 0.1) is 0 Å². The van der Waals surface area contributed by atoms with Crippen molar-refractivity contribution < 1.29 is 14.6 Å². The van der Waals surface area contributed by atoms with Gasteiger partial charge in [-0.1, -0.05) is 12.1 Å². The van der Waals surface area contributed by atoms with Gasteiger partial charge in [-0.15, -0.1) is 0 Å². The SMILES string of the molecule is CC(C)(C)OC(=O)CN1CCN(c2ccccc2O)CC1. The molecule has 1 N–H and O–H groups in total. The Morgan fingerprint density at radius 2 is 1.81 bits per heavy atom. The number of ether oxygens (including phenoxy) is 1. The van der Waals surface area contributed by atoms with E-state index in [4.69, 9.17) is 4.74 Å². The summed E-state index contributed by atoms with van der Waals surface area (Å²) in [6.45, 7) is 9.11. The molecule has 0 radical (unpaired) electrons. The Morgan fingerprint density at radius 1 is 1.19 bits per heavy atom. The number of para-hydroxylation sites is 2. The summed E-state index contributed by atoms with van der Waals surface area (Å²) in [7, 11) is 0. The van der Waals surface area contributed by atoms with E-state index in [9.17, 15) is 9.90 Å². The number of carbonyl (C=O) groups is 1. The third kappa shape index (κ3) is 4.63. The van der Waals surface area contributed by atoms with Crippen LogP contribution in [-0.2, 0) is 9.53 Å². The Morgan fingerprint density at radius 3 is 2.38 bits per heavy atom. The first-order chi connectivity index (χ1) is 9.85. The summed E-state index contributed by atoms with van der Waals surface area (Å²) >= 11 is 0. The van der Waals surface area contributed by atoms with Crippen LogP contribution >= 0.6 is 0 Å². The molecule has 0 bridgehead atoms. The molecule has 1 heterocycles. The topological polar surface area (TPSA) is 53.0 Å². The maximum Gasteiger partial charge on any atom is 0.320 e. The van der Waals surface area contributed by atoms with Gasteiger partial charge in [0.25, 0.3) is 0 Å². The predicted octanol–water partition coefficient (Wildman–Crippen LogP) is 1.86. The van der Waals surface area contributed by atoms with Crippen molar-refractivity contribution in [2.24, 2.45) is 0 Å². The largest absolute Gasteiger partial charge is 0.506 e. The highest BCUT2D eigenvalue weighted by Crippen LogP contribution is 2.27. The summed E-state index contributed by atoms with van der Waals surface area (Å²) in [5.74, 6) is 0.122. The van der Waals surface area contributed by atoms with Gasteiger partial charge in [0, 0.05) is 26.2 Å². The van der Waals surface area contributed by atoms with Gasteiger partial charge in [0.15, 0.2) is 0 Å². The van der Waals surface area contributed by atoms with Crippen LogP contribution in [0.2, 0.25) is 0 Å². The zero-order valence-corrected chi connectivity index (χ0v) is 13.0. The van der Waals surface area contributed by atoms with Crippen LogP contribution in [0.4, 0.5) is 5.69 Å². The van der Waals surface area contributed by atoms with E-state index in [1.165, 1.54) is 0 Å². The molecule has 1 aromatic carbocycles. The highest BCUT2D eigenvalue weighted by molar-refractivity contribution is 5.72. The number of piperazine rings is 1. The van der Waals surface area contributed by atoms with E-state index in [-0.39, 0.29) is 5.97 Å². The first kappa shape index (κ1) is 15.6. The minimum Gasteiger partial charge on any atom is -0.506 e. The van der Waals surface area contributed by atoms with Gasteiger partial charge in [-0.3, -0.25) is 9.69 Å². The summed E-state index contributed by atoms with van der Waals surface area (Å²) in [6.07, 6.45) is 0. The maximum atomic E-state index is 11.8. The Kier molecular flexibility index (Phi) is 4.73. The van der Waals surface area contributed by atoms with Gasteiger partial charge in [0.05, 0.1) is 12.2 Å². The molecule has 21 heavy (non-hydrogen) atoms. The van der Waals surface area contributed by atoms with Crippen molar-refractivity contribution in [3.63, 3.8) is 0 Å². The molecule has 0 atom stereocenters. The van der Waals surface area contributed by atoms with E-state index < -0.39 is 5.60 Å². The smallest absolute Gasteiger partial charge is 0.320 e. The molecule has 0 unspecified atom stereocenters. The number of hydrogen-bond donors (Lipinski definition) is 1. The highest BCUT2D eigenvalue weighted by atomic mass is 16.6. The fraction of sp³-hybridized carbons (Fsp3) is 0.562. The van der Waals surface area contributed by atoms with Gasteiger partial charge in [-0.25, -0.2) is 0 Å². The van der Waals surface area contributed by atoms with Crippen LogP contribution in [0.3, 0.4) is 0 Å². The van der Waals surface area contributed by atoms with Crippen LogP contribution in [0.25, 0.3) is 0 Å². The summed E-state index contributed by atoms with van der Waals surface area (Å²) in [5, 5.41) is 9.87. The molecule has 0 spiro atoms. The molecular weight excluding hydrogens is 268 g/mol. The van der Waals surface area contributed by atoms with Crippen molar-refractivity contribution in [1.29, 1.82) is 0 Å². The molecule has 5 heteroatoms. The zero-order valence-electron chi connectivity index (χ0n) is 13.0. The van der Waals surface area contributed by atoms with E-state index >= 15 is 0 Å². The number of hydrogen-bond acceptors (Lipinski definition) is 5. The minimum atomic E-state index is -0.436. The lowest BCUT2D eigenvalue weighted by Gasteiger charge is -2.36. The van der Waals surface area contributed by atoms with Crippen molar-refractivity contribution in [2.75, 3.05) is 37.6 Å². The predicted molar refractivity (Wildman–Crippen MR) is 82.6 cm³/mol. The number of carbonyl (C=O) groups excluding carboxylic acids is 1. The number of rotatable bonds is 3. The zero-order chi connectivity index (χ0) is 15.5. The summed E-state index contributed by atoms with van der Waals surface area (Å²) < 4.78 is 5.34. The number of phenolic OH excluding ortho intramolecular Hbond substituents is 1. The molecular formula is C16H24N2O3. The summed E-state index contributed by atoms with van der Waals surface area (Å²) in [5.41, 5.74) is 0.420. The number of benzene rings is 1. The standard InChI is InChI=1S/C16H24N2O3/c1-16(2,3)21-15(20)12-17-8-10-18(11-9-17)13-6-4-5-7-14(13)19/h4-7,19H,8-12H2,1-3H3. The van der Waals surface area contributed by atoms with Gasteiger partial charge < -0.3 is 14.7 Å². The molecule has 0 aromatic heterocycles. The van der Waals surface area contributed by atoms with Crippen LogP contribution in [-0.4, -0.2) is 54.3 Å². The highest BCUT2D eigenvalue weighted by Gasteiger charge is 2.23. The molecule has 1 aromatic rings. The van der Waals surface area contributed by atoms with Crippen molar-refractivity contribution in [2.45, 2.75) is 26.4 Å². The van der Waals surface area contributed by atoms with Gasteiger partial charge in [0.2, 0.25) is 0 Å². The Balaban J connectivity index is 1.84. The molecule has 1 aliphatic rings. The van der Waals surface area contributed by atoms with Gasteiger partial charge in [-0.2, -0.15) is 0 Å². The van der Waals surface area contributed by atoms with Crippen molar-refractivity contribution in [3.8, 4) is 5.75 Å². The van der Waals surface area contributed by atoms with Crippen molar-refractivity contribution in [3.05, 3.63) is 24.3 Å². The molecule has 1 saturated heterocycles. The lowest BCUT2D eigenvalue weighted by molar-refractivity contribution is -0.156. The third-order valence-electron chi connectivity index (χ3n) is 3.37. The molecule has 1 fully saturated rings. The quantitative estimate of drug-likeness (QED) is 0.862. The first-order valence-electron chi connectivity index (χ1n) is 7.32. The van der Waals surface area contributed by atoms with Crippen molar-refractivity contribution in [1.82, 2.24) is 4.90 Å². The van der Waals surface area contributed by atoms with E-state index in [2.05, 4.69) is 9.80 Å². The molecule has 116 valence electrons. The average Bonchev–Trinajstić information content (AvgIpc) is 2.38. The van der Waals surface area contributed by atoms with Gasteiger partial charge >= 0.3 is 5.97 Å². The van der Waals surface area contributed by atoms with E-state index in [1.807, 2.05) is 39.0 Å². The molecule has 0 saturated carbocycles. The van der Waals surface area contributed by atoms with Gasteiger partial charge in [-0.05, 0) is 32.9 Å². The van der Waals surface area contributed by atoms with Crippen LogP contribution in [0.1, 0.15) is 20.8 Å². The fourth-order valence-corrected chi connectivity index (χ4v) is 2.43. The minimum absolute atomic E-state index is 0.182. The second kappa shape index (κ2) is 6.35. The summed E-state index contributed by atoms with van der Waals surface area (Å²) in [4.78, 5) is 16.0. The molecule has 0 amide bonds. The Bertz CT molecular complexity index is 489. The number of esters is 1. The normalized spacial score (nSPS) is 16.8. The van der Waals surface area contributed by atoms with E-state index in [0.29, 0.717) is 12.3 Å². The summed E-state index contributed by atoms with van der Waals surface area (Å²) in [6, 6.07) is 7.35. The fourth-order valence-electron chi connectivity index (χ4n) is 2.43. The first-order valence-corrected chi connectivity index (χ1v) is 7.32. The van der Waals surface area contributed by atoms with Gasteiger partial charge in [0.1, 0.15) is 11.4 Å². The Hall–Kier alpha value is -1.75. The van der Waals surface area contributed by atoms with Crippen molar-refractivity contribution >= 4 is 11.7 Å². The molecule has 2 rings (SSSR count). The molecule has 5 nitrogen and oxygen atoms in total. The van der Waals surface area contributed by atoms with E-state index in [1.54, 1.807) is 6.07 Å². The lowest BCUT2D eigenvalue weighted by atomic mass is 10.2. The monoisotopic (exact) mass is 292 g/mol. The number of phenols is 1. The second-order valence-electron chi connectivity index (χ2n) is 6.34. The van der Waals surface area contributed by atoms with E-state index in [0.717, 1.165) is 31.9 Å². The average molecular weight is 292 g/mol. The number of anilines is 1. The molecule has 0 aliphatic carbocycles. The van der Waals surface area contributed by atoms with Crippen LogP contribution in [0.5, 0.6) is 5.75 Å². The number of aromatic hydroxyl groups is 1. The number of nitrogens with zero attached hydrogens (tertiary/aromatic N) is 2. The second-order valence-corrected chi connectivity index (χ2v) is 6.34. The van der Waals surface area contributed by atoms with Crippen LogP contribution in [0.15, 0.2) is 24.3 Å². The lowest BCUT2D eigenvalue weighted by Crippen LogP contribution is -2.48. The third-order valence-corrected chi connectivity index (χ3v) is 3.37. The van der Waals surface area contributed by atoms with Crippen LogP contribution < -0.4 is 4.90 Å².